The van der Waals surface area contributed by atoms with Gasteiger partial charge in [0.05, 0.1) is 0 Å². The van der Waals surface area contributed by atoms with Gasteiger partial charge in [-0.25, -0.2) is 0 Å². The van der Waals surface area contributed by atoms with Crippen LogP contribution in [0.1, 0.15) is 401 Å². The summed E-state index contributed by atoms with van der Waals surface area (Å²) in [7, 11) is 0. The molecule has 0 bridgehead atoms. The van der Waals surface area contributed by atoms with Gasteiger partial charge in [-0.1, -0.05) is 362 Å². The highest BCUT2D eigenvalue weighted by molar-refractivity contribution is 5.71. The Morgan fingerprint density at radius 3 is 0.750 bits per heavy atom. The van der Waals surface area contributed by atoms with E-state index in [1.54, 1.807) is 0 Å². The fraction of sp³-hybridized carbons (Fsp3) is 0.957. The highest BCUT2D eigenvalue weighted by Gasteiger charge is 2.20. The molecule has 0 aliphatic heterocycles. The van der Waals surface area contributed by atoms with E-state index in [-0.39, 0.29) is 31.1 Å². The summed E-state index contributed by atoms with van der Waals surface area (Å²) in [5, 5.41) is 0. The monoisotopic (exact) mass is 1070 g/mol. The summed E-state index contributed by atoms with van der Waals surface area (Å²) in [6.45, 7) is 11.5. The van der Waals surface area contributed by atoms with Crippen molar-refractivity contribution in [1.82, 2.24) is 0 Å². The normalized spacial score (nSPS) is 12.4. The number of hydrogen-bond acceptors (Lipinski definition) is 6. The second kappa shape index (κ2) is 62.6. The quantitative estimate of drug-likeness (QED) is 0.0343. The van der Waals surface area contributed by atoms with Gasteiger partial charge in [-0.3, -0.25) is 14.4 Å². The SMILES string of the molecule is CCCCCCCCCCCCCCCCCCCCC(=O)OC[C@H](COC(=O)CCCCCCCCCCCCCCCCCC(C)C)OC(=O)CCCCCCCCCCCCCCCCCCCCC(C)CC. The third kappa shape index (κ3) is 61.6. The predicted molar refractivity (Wildman–Crippen MR) is 330 cm³/mol. The third-order valence-corrected chi connectivity index (χ3v) is 16.6. The van der Waals surface area contributed by atoms with Gasteiger partial charge in [-0.15, -0.1) is 0 Å². The summed E-state index contributed by atoms with van der Waals surface area (Å²) in [5.41, 5.74) is 0. The predicted octanol–water partition coefficient (Wildman–Crippen LogP) is 23.6. The van der Waals surface area contributed by atoms with Crippen LogP contribution in [-0.4, -0.2) is 37.2 Å². The summed E-state index contributed by atoms with van der Waals surface area (Å²) in [4.78, 5) is 38.4. The minimum atomic E-state index is -0.764. The van der Waals surface area contributed by atoms with Gasteiger partial charge in [0.2, 0.25) is 0 Å². The number of esters is 3. The molecule has 0 aliphatic rings. The van der Waals surface area contributed by atoms with Gasteiger partial charge in [0.15, 0.2) is 6.10 Å². The number of ether oxygens (including phenoxy) is 3. The lowest BCUT2D eigenvalue weighted by molar-refractivity contribution is -0.167. The van der Waals surface area contributed by atoms with Crippen molar-refractivity contribution >= 4 is 17.9 Å². The lowest BCUT2D eigenvalue weighted by Gasteiger charge is -2.18. The number of rotatable bonds is 64. The van der Waals surface area contributed by atoms with Crippen LogP contribution in [0.15, 0.2) is 0 Å². The van der Waals surface area contributed by atoms with E-state index in [9.17, 15) is 14.4 Å². The Hall–Kier alpha value is -1.59. The number of carbonyl (C=O) groups is 3. The molecule has 1 unspecified atom stereocenters. The molecule has 0 saturated carbocycles. The standard InChI is InChI=1S/C70H136O6/c1-6-8-9-10-11-12-13-14-15-16-20-25-30-35-40-45-50-55-60-68(71)74-63-67(64-75-69(72)61-56-51-46-41-36-31-27-22-23-28-33-38-43-48-53-58-65(3)4)76-70(73)62-57-52-47-42-37-32-26-21-18-17-19-24-29-34-39-44-49-54-59-66(5)7-2/h65-67H,6-64H2,1-5H3/t66?,67-/m1/s1. The Morgan fingerprint density at radius 2 is 0.500 bits per heavy atom. The summed E-state index contributed by atoms with van der Waals surface area (Å²) in [6, 6.07) is 0. The van der Waals surface area contributed by atoms with E-state index in [1.165, 1.54) is 289 Å². The molecule has 0 aliphatic carbocycles. The zero-order valence-corrected chi connectivity index (χ0v) is 52.4. The lowest BCUT2D eigenvalue weighted by atomic mass is 9.99. The van der Waals surface area contributed by atoms with Crippen molar-refractivity contribution < 1.29 is 28.6 Å². The van der Waals surface area contributed by atoms with Crippen molar-refractivity contribution in [2.45, 2.75) is 407 Å². The van der Waals surface area contributed by atoms with E-state index in [4.69, 9.17) is 14.2 Å². The van der Waals surface area contributed by atoms with Crippen molar-refractivity contribution in [2.75, 3.05) is 13.2 Å². The second-order valence-corrected chi connectivity index (χ2v) is 24.9. The molecule has 0 amide bonds. The van der Waals surface area contributed by atoms with Gasteiger partial charge in [0.1, 0.15) is 13.2 Å². The van der Waals surface area contributed by atoms with Crippen molar-refractivity contribution in [3.8, 4) is 0 Å². The van der Waals surface area contributed by atoms with Gasteiger partial charge in [-0.05, 0) is 31.1 Å². The fourth-order valence-corrected chi connectivity index (χ4v) is 11.0. The molecule has 0 heterocycles. The minimum absolute atomic E-state index is 0.0612. The maximum atomic E-state index is 13.0. The molecule has 0 aromatic carbocycles. The Balaban J connectivity index is 4.28. The molecule has 0 aromatic rings. The Bertz CT molecular complexity index is 1170. The average molecular weight is 1070 g/mol. The van der Waals surface area contributed by atoms with Crippen LogP contribution in [0.3, 0.4) is 0 Å². The van der Waals surface area contributed by atoms with E-state index in [0.29, 0.717) is 19.3 Å². The molecule has 0 spiro atoms. The smallest absolute Gasteiger partial charge is 0.306 e. The molecule has 0 saturated heterocycles. The molecule has 2 atom stereocenters. The summed E-state index contributed by atoms with van der Waals surface area (Å²) in [6.07, 6.45) is 71.1. The average Bonchev–Trinajstić information content (AvgIpc) is 3.41. The van der Waals surface area contributed by atoms with E-state index in [2.05, 4.69) is 34.6 Å². The Labute approximate surface area is 476 Å². The molecular formula is C70H136O6. The van der Waals surface area contributed by atoms with Gasteiger partial charge < -0.3 is 14.2 Å². The summed E-state index contributed by atoms with van der Waals surface area (Å²) >= 11 is 0. The first-order valence-corrected chi connectivity index (χ1v) is 34.8. The number of hydrogen-bond donors (Lipinski definition) is 0. The zero-order valence-electron chi connectivity index (χ0n) is 52.4. The minimum Gasteiger partial charge on any atom is -0.462 e. The van der Waals surface area contributed by atoms with Crippen molar-refractivity contribution in [1.29, 1.82) is 0 Å². The van der Waals surface area contributed by atoms with Crippen LogP contribution in [0.2, 0.25) is 0 Å². The van der Waals surface area contributed by atoms with E-state index in [0.717, 1.165) is 69.6 Å². The molecule has 6 heteroatoms. The van der Waals surface area contributed by atoms with Crippen molar-refractivity contribution in [3.63, 3.8) is 0 Å². The molecule has 0 rings (SSSR count). The first kappa shape index (κ1) is 74.4. The topological polar surface area (TPSA) is 78.9 Å². The van der Waals surface area contributed by atoms with Crippen LogP contribution >= 0.6 is 0 Å². The van der Waals surface area contributed by atoms with Gasteiger partial charge >= 0.3 is 17.9 Å². The van der Waals surface area contributed by atoms with Crippen LogP contribution in [0.4, 0.5) is 0 Å². The third-order valence-electron chi connectivity index (χ3n) is 16.6. The molecule has 0 aromatic heterocycles. The Morgan fingerprint density at radius 1 is 0.276 bits per heavy atom. The molecule has 0 fully saturated rings. The molecule has 76 heavy (non-hydrogen) atoms. The zero-order chi connectivity index (χ0) is 55.3. The maximum absolute atomic E-state index is 13.0. The van der Waals surface area contributed by atoms with E-state index in [1.807, 2.05) is 0 Å². The van der Waals surface area contributed by atoms with Crippen LogP contribution < -0.4 is 0 Å². The van der Waals surface area contributed by atoms with E-state index < -0.39 is 6.10 Å². The van der Waals surface area contributed by atoms with Crippen molar-refractivity contribution in [2.24, 2.45) is 11.8 Å². The molecule has 6 nitrogen and oxygen atoms in total. The lowest BCUT2D eigenvalue weighted by Crippen LogP contribution is -2.30. The van der Waals surface area contributed by atoms with E-state index >= 15 is 0 Å². The summed E-state index contributed by atoms with van der Waals surface area (Å²) in [5.74, 6) is 0.933. The molecule has 0 radical (unpaired) electrons. The first-order valence-electron chi connectivity index (χ1n) is 34.8. The second-order valence-electron chi connectivity index (χ2n) is 24.9. The van der Waals surface area contributed by atoms with Gasteiger partial charge in [0, 0.05) is 19.3 Å². The van der Waals surface area contributed by atoms with Crippen molar-refractivity contribution in [3.05, 3.63) is 0 Å². The highest BCUT2D eigenvalue weighted by atomic mass is 16.6. The van der Waals surface area contributed by atoms with Gasteiger partial charge in [0.25, 0.3) is 0 Å². The first-order chi connectivity index (χ1) is 37.3. The fourth-order valence-electron chi connectivity index (χ4n) is 11.0. The molecule has 0 N–H and O–H groups in total. The number of unbranched alkanes of at least 4 members (excludes halogenated alkanes) is 48. The van der Waals surface area contributed by atoms with Crippen LogP contribution in [0, 0.1) is 11.8 Å². The van der Waals surface area contributed by atoms with Crippen LogP contribution in [0.5, 0.6) is 0 Å². The van der Waals surface area contributed by atoms with Gasteiger partial charge in [-0.2, -0.15) is 0 Å². The summed E-state index contributed by atoms with van der Waals surface area (Å²) < 4.78 is 17.0. The maximum Gasteiger partial charge on any atom is 0.306 e. The number of carbonyl (C=O) groups excluding carboxylic acids is 3. The largest absolute Gasteiger partial charge is 0.462 e. The van der Waals surface area contributed by atoms with Crippen LogP contribution in [-0.2, 0) is 28.6 Å². The molecular weight excluding hydrogens is 937 g/mol. The highest BCUT2D eigenvalue weighted by Crippen LogP contribution is 2.20. The van der Waals surface area contributed by atoms with Crippen LogP contribution in [0.25, 0.3) is 0 Å². The molecule has 452 valence electrons. The Kier molecular flexibility index (Phi) is 61.3.